The van der Waals surface area contributed by atoms with E-state index in [1.165, 1.54) is 0 Å². The van der Waals surface area contributed by atoms with Crippen LogP contribution in [0.5, 0.6) is 0 Å². The maximum Gasteiger partial charge on any atom is 0.317 e. The Kier molecular flexibility index (Phi) is 4.14. The molecule has 2 fully saturated rings. The zero-order valence-corrected chi connectivity index (χ0v) is 9.72. The number of amides is 2. The summed E-state index contributed by atoms with van der Waals surface area (Å²) < 4.78 is 5.26. The van der Waals surface area contributed by atoms with Gasteiger partial charge < -0.3 is 15.0 Å². The van der Waals surface area contributed by atoms with E-state index in [1.807, 2.05) is 16.7 Å². The average Bonchev–Trinajstić information content (AvgIpc) is 2.31. The highest BCUT2D eigenvalue weighted by molar-refractivity contribution is 7.99. The molecule has 0 saturated carbocycles. The Balaban J connectivity index is 1.74. The van der Waals surface area contributed by atoms with Crippen LogP contribution in [0.15, 0.2) is 0 Å². The fourth-order valence-corrected chi connectivity index (χ4v) is 2.78. The second-order valence-corrected chi connectivity index (χ2v) is 5.16. The number of thioether (sulfide) groups is 1. The van der Waals surface area contributed by atoms with Crippen molar-refractivity contribution in [2.45, 2.75) is 18.9 Å². The molecule has 2 rings (SSSR count). The number of rotatable bonds is 1. The summed E-state index contributed by atoms with van der Waals surface area (Å²) >= 11 is 1.92. The normalized spacial score (nSPS) is 23.9. The lowest BCUT2D eigenvalue weighted by atomic mass is 10.1. The molecule has 1 N–H and O–H groups in total. The third-order valence-electron chi connectivity index (χ3n) is 2.85. The molecule has 0 bridgehead atoms. The highest BCUT2D eigenvalue weighted by atomic mass is 32.2. The quantitative estimate of drug-likeness (QED) is 0.728. The number of carbonyl (C=O) groups excluding carboxylic acids is 1. The molecule has 5 heteroatoms. The fourth-order valence-electron chi connectivity index (χ4n) is 1.87. The average molecular weight is 230 g/mol. The van der Waals surface area contributed by atoms with Gasteiger partial charge in [0, 0.05) is 43.9 Å². The SMILES string of the molecule is O=C(NC1CCOCC1)N1CCSCC1. The molecule has 0 atom stereocenters. The van der Waals surface area contributed by atoms with Gasteiger partial charge in [0.2, 0.25) is 0 Å². The maximum absolute atomic E-state index is 11.8. The molecule has 2 heterocycles. The molecule has 4 nitrogen and oxygen atoms in total. The van der Waals surface area contributed by atoms with Gasteiger partial charge in [-0.15, -0.1) is 0 Å². The van der Waals surface area contributed by atoms with Gasteiger partial charge in [-0.25, -0.2) is 4.79 Å². The smallest absolute Gasteiger partial charge is 0.317 e. The molecule has 2 saturated heterocycles. The zero-order valence-electron chi connectivity index (χ0n) is 8.91. The number of urea groups is 1. The van der Waals surface area contributed by atoms with Crippen LogP contribution in [0.1, 0.15) is 12.8 Å². The molecule has 0 spiro atoms. The van der Waals surface area contributed by atoms with Crippen LogP contribution >= 0.6 is 11.8 Å². The number of hydrogen-bond donors (Lipinski definition) is 1. The Morgan fingerprint density at radius 1 is 1.27 bits per heavy atom. The number of nitrogens with one attached hydrogen (secondary N) is 1. The first kappa shape index (κ1) is 11.1. The Bertz CT molecular complexity index is 213. The number of ether oxygens (including phenoxy) is 1. The van der Waals surface area contributed by atoms with Crippen LogP contribution in [0, 0.1) is 0 Å². The van der Waals surface area contributed by atoms with Crippen molar-refractivity contribution < 1.29 is 9.53 Å². The highest BCUT2D eigenvalue weighted by Gasteiger charge is 2.21. The summed E-state index contributed by atoms with van der Waals surface area (Å²) in [5, 5.41) is 3.09. The first-order valence-electron chi connectivity index (χ1n) is 5.57. The molecule has 0 aromatic rings. The van der Waals surface area contributed by atoms with Crippen molar-refractivity contribution in [1.82, 2.24) is 10.2 Å². The molecule has 2 amide bonds. The van der Waals surface area contributed by atoms with Crippen LogP contribution in [0.2, 0.25) is 0 Å². The molecular formula is C10H18N2O2S. The van der Waals surface area contributed by atoms with Crippen molar-refractivity contribution in [3.63, 3.8) is 0 Å². The van der Waals surface area contributed by atoms with E-state index in [1.54, 1.807) is 0 Å². The first-order chi connectivity index (χ1) is 7.36. The van der Waals surface area contributed by atoms with Crippen molar-refractivity contribution in [2.24, 2.45) is 0 Å². The molecule has 0 aromatic carbocycles. The standard InChI is InChI=1S/C10H18N2O2S/c13-10(12-3-7-15-8-4-12)11-9-1-5-14-6-2-9/h9H,1-8H2,(H,11,13). The van der Waals surface area contributed by atoms with Crippen LogP contribution in [0.3, 0.4) is 0 Å². The van der Waals surface area contributed by atoms with Gasteiger partial charge in [0.05, 0.1) is 0 Å². The lowest BCUT2D eigenvalue weighted by Gasteiger charge is -2.30. The summed E-state index contributed by atoms with van der Waals surface area (Å²) in [6.45, 7) is 3.33. The van der Waals surface area contributed by atoms with Crippen LogP contribution in [0.25, 0.3) is 0 Å². The van der Waals surface area contributed by atoms with E-state index in [0.29, 0.717) is 6.04 Å². The van der Waals surface area contributed by atoms with E-state index in [9.17, 15) is 4.79 Å². The Hall–Kier alpha value is -0.420. The van der Waals surface area contributed by atoms with Crippen molar-refractivity contribution in [3.8, 4) is 0 Å². The van der Waals surface area contributed by atoms with Crippen LogP contribution in [-0.4, -0.2) is 54.8 Å². The minimum atomic E-state index is 0.113. The van der Waals surface area contributed by atoms with Crippen molar-refractivity contribution in [2.75, 3.05) is 37.8 Å². The Morgan fingerprint density at radius 2 is 1.93 bits per heavy atom. The first-order valence-corrected chi connectivity index (χ1v) is 6.72. The van der Waals surface area contributed by atoms with Gasteiger partial charge in [-0.05, 0) is 12.8 Å². The predicted octanol–water partition coefficient (Wildman–Crippen LogP) is 0.924. The van der Waals surface area contributed by atoms with E-state index >= 15 is 0 Å². The minimum absolute atomic E-state index is 0.113. The summed E-state index contributed by atoms with van der Waals surface area (Å²) in [5.74, 6) is 2.14. The van der Waals surface area contributed by atoms with Gasteiger partial charge in [0.25, 0.3) is 0 Å². The summed E-state index contributed by atoms with van der Waals surface area (Å²) in [6, 6.07) is 0.433. The van der Waals surface area contributed by atoms with Crippen LogP contribution < -0.4 is 5.32 Å². The molecule has 0 radical (unpaired) electrons. The Morgan fingerprint density at radius 3 is 2.60 bits per heavy atom. The predicted molar refractivity (Wildman–Crippen MR) is 61.3 cm³/mol. The monoisotopic (exact) mass is 230 g/mol. The second kappa shape index (κ2) is 5.61. The van der Waals surface area contributed by atoms with Crippen LogP contribution in [-0.2, 0) is 4.74 Å². The summed E-state index contributed by atoms with van der Waals surface area (Å²) in [4.78, 5) is 13.8. The third-order valence-corrected chi connectivity index (χ3v) is 3.79. The van der Waals surface area contributed by atoms with Crippen molar-refractivity contribution in [3.05, 3.63) is 0 Å². The summed E-state index contributed by atoms with van der Waals surface area (Å²) in [5.41, 5.74) is 0. The minimum Gasteiger partial charge on any atom is -0.381 e. The van der Waals surface area contributed by atoms with E-state index in [4.69, 9.17) is 4.74 Å². The zero-order chi connectivity index (χ0) is 10.5. The number of carbonyl (C=O) groups is 1. The largest absolute Gasteiger partial charge is 0.381 e. The van der Waals surface area contributed by atoms with Gasteiger partial charge in [-0.1, -0.05) is 0 Å². The van der Waals surface area contributed by atoms with Gasteiger partial charge in [-0.2, -0.15) is 11.8 Å². The lowest BCUT2D eigenvalue weighted by Crippen LogP contribution is -2.49. The molecule has 15 heavy (non-hydrogen) atoms. The molecule has 0 unspecified atom stereocenters. The molecule has 0 aliphatic carbocycles. The maximum atomic E-state index is 11.8. The van der Waals surface area contributed by atoms with Gasteiger partial charge in [-0.3, -0.25) is 0 Å². The van der Waals surface area contributed by atoms with Crippen molar-refractivity contribution in [1.29, 1.82) is 0 Å². The number of hydrogen-bond acceptors (Lipinski definition) is 3. The second-order valence-electron chi connectivity index (χ2n) is 3.94. The van der Waals surface area contributed by atoms with E-state index in [-0.39, 0.29) is 6.03 Å². The topological polar surface area (TPSA) is 41.6 Å². The molecule has 2 aliphatic rings. The third kappa shape index (κ3) is 3.28. The molecule has 2 aliphatic heterocycles. The summed E-state index contributed by atoms with van der Waals surface area (Å²) in [7, 11) is 0. The summed E-state index contributed by atoms with van der Waals surface area (Å²) in [6.07, 6.45) is 1.91. The molecule has 86 valence electrons. The molecular weight excluding hydrogens is 212 g/mol. The number of nitrogens with zero attached hydrogens (tertiary/aromatic N) is 1. The molecule has 0 aromatic heterocycles. The van der Waals surface area contributed by atoms with E-state index < -0.39 is 0 Å². The lowest BCUT2D eigenvalue weighted by molar-refractivity contribution is 0.0783. The van der Waals surface area contributed by atoms with Crippen molar-refractivity contribution >= 4 is 17.8 Å². The van der Waals surface area contributed by atoms with Crippen LogP contribution in [0.4, 0.5) is 4.79 Å². The van der Waals surface area contributed by atoms with Gasteiger partial charge in [0.1, 0.15) is 0 Å². The van der Waals surface area contributed by atoms with Gasteiger partial charge in [0.15, 0.2) is 0 Å². The highest BCUT2D eigenvalue weighted by Crippen LogP contribution is 2.11. The van der Waals surface area contributed by atoms with Gasteiger partial charge >= 0.3 is 6.03 Å². The van der Waals surface area contributed by atoms with E-state index in [0.717, 1.165) is 50.7 Å². The van der Waals surface area contributed by atoms with E-state index in [2.05, 4.69) is 5.32 Å². The Labute approximate surface area is 94.7 Å². The fraction of sp³-hybridized carbons (Fsp3) is 0.900.